The minimum Gasteiger partial charge on any atom is -0.453 e. The van der Waals surface area contributed by atoms with Gasteiger partial charge in [0, 0.05) is 5.39 Å². The molecule has 2 amide bonds. The molecule has 0 aromatic heterocycles. The van der Waals surface area contributed by atoms with Gasteiger partial charge in [-0.2, -0.15) is 0 Å². The van der Waals surface area contributed by atoms with Crippen LogP contribution in [0.15, 0.2) is 42.5 Å². The number of methoxy groups -OCH3 is 1. The molecule has 2 N–H and O–H groups in total. The zero-order chi connectivity index (χ0) is 16.7. The van der Waals surface area contributed by atoms with E-state index in [1.165, 1.54) is 7.11 Å². The molecular formula is C17H20N2O4. The Bertz CT molecular complexity index is 682. The maximum absolute atomic E-state index is 12.0. The predicted molar refractivity (Wildman–Crippen MR) is 88.5 cm³/mol. The van der Waals surface area contributed by atoms with Crippen molar-refractivity contribution in [1.82, 2.24) is 5.32 Å². The van der Waals surface area contributed by atoms with Gasteiger partial charge in [0.2, 0.25) is 0 Å². The van der Waals surface area contributed by atoms with Crippen molar-refractivity contribution >= 4 is 28.6 Å². The van der Waals surface area contributed by atoms with E-state index in [1.54, 1.807) is 0 Å². The molecule has 0 unspecified atom stereocenters. The van der Waals surface area contributed by atoms with Crippen LogP contribution in [-0.4, -0.2) is 31.9 Å². The van der Waals surface area contributed by atoms with E-state index in [4.69, 9.17) is 4.74 Å². The summed E-state index contributed by atoms with van der Waals surface area (Å²) >= 11 is 0. The van der Waals surface area contributed by atoms with Crippen LogP contribution in [0.25, 0.3) is 10.8 Å². The van der Waals surface area contributed by atoms with Crippen molar-refractivity contribution in [1.29, 1.82) is 0 Å². The fraction of sp³-hybridized carbons (Fsp3) is 0.294. The van der Waals surface area contributed by atoms with Gasteiger partial charge in [-0.1, -0.05) is 43.3 Å². The van der Waals surface area contributed by atoms with E-state index in [2.05, 4.69) is 15.4 Å². The number of carbonyl (C=O) groups excluding carboxylic acids is 2. The standard InChI is InChI=1S/C17H20N2O4/c1-3-13(18-16(20)22-2)11-23-17(21)19-15-10-6-8-12-7-4-5-9-14(12)15/h4-10,13H,3,11H2,1-2H3,(H,18,20)(H,19,21)/t13-/m1/s1. The van der Waals surface area contributed by atoms with Crippen molar-refractivity contribution in [3.05, 3.63) is 42.5 Å². The Kier molecular flexibility index (Phi) is 5.80. The second-order valence-corrected chi connectivity index (χ2v) is 4.99. The van der Waals surface area contributed by atoms with Crippen molar-refractivity contribution in [3.63, 3.8) is 0 Å². The molecule has 6 heteroatoms. The van der Waals surface area contributed by atoms with Crippen LogP contribution in [0.5, 0.6) is 0 Å². The van der Waals surface area contributed by atoms with Gasteiger partial charge in [0.15, 0.2) is 0 Å². The number of nitrogens with one attached hydrogen (secondary N) is 2. The maximum atomic E-state index is 12.0. The summed E-state index contributed by atoms with van der Waals surface area (Å²) < 4.78 is 9.70. The van der Waals surface area contributed by atoms with Gasteiger partial charge in [-0.3, -0.25) is 5.32 Å². The second kappa shape index (κ2) is 8.03. The van der Waals surface area contributed by atoms with Gasteiger partial charge in [-0.25, -0.2) is 9.59 Å². The summed E-state index contributed by atoms with van der Waals surface area (Å²) in [6, 6.07) is 13.1. The smallest absolute Gasteiger partial charge is 0.411 e. The number of hydrogen-bond donors (Lipinski definition) is 2. The lowest BCUT2D eigenvalue weighted by Crippen LogP contribution is -2.38. The molecule has 6 nitrogen and oxygen atoms in total. The minimum atomic E-state index is -0.563. The van der Waals surface area contributed by atoms with Crippen LogP contribution >= 0.6 is 0 Å². The molecule has 122 valence electrons. The Balaban J connectivity index is 1.95. The van der Waals surface area contributed by atoms with Crippen molar-refractivity contribution in [3.8, 4) is 0 Å². The summed E-state index contributed by atoms with van der Waals surface area (Å²) in [6.45, 7) is 1.95. The number of alkyl carbamates (subject to hydrolysis) is 1. The maximum Gasteiger partial charge on any atom is 0.411 e. The fourth-order valence-corrected chi connectivity index (χ4v) is 2.14. The summed E-state index contributed by atoms with van der Waals surface area (Å²) in [5.74, 6) is 0. The molecule has 2 aromatic rings. The summed E-state index contributed by atoms with van der Waals surface area (Å²) in [7, 11) is 1.29. The molecule has 0 aliphatic carbocycles. The molecule has 1 atom stereocenters. The van der Waals surface area contributed by atoms with Crippen molar-refractivity contribution in [2.45, 2.75) is 19.4 Å². The lowest BCUT2D eigenvalue weighted by molar-refractivity contribution is 0.135. The number of benzene rings is 2. The number of amides is 2. The van der Waals surface area contributed by atoms with Crippen LogP contribution < -0.4 is 10.6 Å². The largest absolute Gasteiger partial charge is 0.453 e. The molecule has 0 aliphatic rings. The third kappa shape index (κ3) is 4.60. The van der Waals surface area contributed by atoms with E-state index < -0.39 is 12.2 Å². The number of rotatable bonds is 5. The molecule has 0 heterocycles. The highest BCUT2D eigenvalue weighted by Gasteiger charge is 2.13. The van der Waals surface area contributed by atoms with Crippen molar-refractivity contribution in [2.24, 2.45) is 0 Å². The van der Waals surface area contributed by atoms with Crippen LogP contribution in [0, 0.1) is 0 Å². The summed E-state index contributed by atoms with van der Waals surface area (Å²) in [4.78, 5) is 23.1. The van der Waals surface area contributed by atoms with E-state index in [1.807, 2.05) is 49.4 Å². The molecule has 0 aliphatic heterocycles. The van der Waals surface area contributed by atoms with E-state index in [9.17, 15) is 9.59 Å². The first-order chi connectivity index (χ1) is 11.1. The van der Waals surface area contributed by atoms with Gasteiger partial charge < -0.3 is 14.8 Å². The first kappa shape index (κ1) is 16.6. The summed E-state index contributed by atoms with van der Waals surface area (Å²) in [5.41, 5.74) is 0.682. The second-order valence-electron chi connectivity index (χ2n) is 4.99. The van der Waals surface area contributed by atoms with Gasteiger partial charge in [0.25, 0.3) is 0 Å². The molecule has 2 aromatic carbocycles. The third-order valence-electron chi connectivity index (χ3n) is 3.44. The highest BCUT2D eigenvalue weighted by Crippen LogP contribution is 2.22. The van der Waals surface area contributed by atoms with E-state index in [0.717, 1.165) is 10.8 Å². The minimum absolute atomic E-state index is 0.0716. The first-order valence-electron chi connectivity index (χ1n) is 7.40. The normalized spacial score (nSPS) is 11.6. The first-order valence-corrected chi connectivity index (χ1v) is 7.40. The Morgan fingerprint density at radius 1 is 1.09 bits per heavy atom. The highest BCUT2D eigenvalue weighted by molar-refractivity contribution is 6.00. The van der Waals surface area contributed by atoms with E-state index >= 15 is 0 Å². The van der Waals surface area contributed by atoms with Gasteiger partial charge in [0.05, 0.1) is 18.8 Å². The quantitative estimate of drug-likeness (QED) is 0.885. The average Bonchev–Trinajstić information content (AvgIpc) is 2.58. The topological polar surface area (TPSA) is 76.7 Å². The fourth-order valence-electron chi connectivity index (χ4n) is 2.14. The molecule has 2 rings (SSSR count). The Labute approximate surface area is 134 Å². The number of fused-ring (bicyclic) bond motifs is 1. The van der Waals surface area contributed by atoms with Crippen molar-refractivity contribution < 1.29 is 19.1 Å². The van der Waals surface area contributed by atoms with Gasteiger partial charge in [-0.15, -0.1) is 0 Å². The van der Waals surface area contributed by atoms with Crippen LogP contribution in [0.4, 0.5) is 15.3 Å². The summed E-state index contributed by atoms with van der Waals surface area (Å²) in [6.07, 6.45) is -0.488. The van der Waals surface area contributed by atoms with Crippen LogP contribution in [0.1, 0.15) is 13.3 Å². The molecule has 0 radical (unpaired) electrons. The van der Waals surface area contributed by atoms with Crippen molar-refractivity contribution in [2.75, 3.05) is 19.0 Å². The van der Waals surface area contributed by atoms with Crippen LogP contribution in [-0.2, 0) is 9.47 Å². The lowest BCUT2D eigenvalue weighted by atomic mass is 10.1. The zero-order valence-electron chi connectivity index (χ0n) is 13.2. The molecule has 23 heavy (non-hydrogen) atoms. The molecular weight excluding hydrogens is 296 g/mol. The van der Waals surface area contributed by atoms with Gasteiger partial charge >= 0.3 is 12.2 Å². The molecule has 0 bridgehead atoms. The molecule has 0 fully saturated rings. The SMILES string of the molecule is CC[C@H](COC(=O)Nc1cccc2ccccc12)NC(=O)OC. The number of anilines is 1. The molecule has 0 saturated carbocycles. The molecule has 0 saturated heterocycles. The van der Waals surface area contributed by atoms with E-state index in [0.29, 0.717) is 12.1 Å². The summed E-state index contributed by atoms with van der Waals surface area (Å²) in [5, 5.41) is 7.29. The lowest BCUT2D eigenvalue weighted by Gasteiger charge is -2.16. The van der Waals surface area contributed by atoms with E-state index in [-0.39, 0.29) is 12.6 Å². The van der Waals surface area contributed by atoms with Gasteiger partial charge in [0.1, 0.15) is 6.61 Å². The molecule has 0 spiro atoms. The van der Waals surface area contributed by atoms with Gasteiger partial charge in [-0.05, 0) is 17.9 Å². The highest BCUT2D eigenvalue weighted by atomic mass is 16.6. The van der Waals surface area contributed by atoms with Crippen LogP contribution in [0.2, 0.25) is 0 Å². The predicted octanol–water partition coefficient (Wildman–Crippen LogP) is 3.52. The average molecular weight is 316 g/mol. The Hall–Kier alpha value is -2.76. The number of hydrogen-bond acceptors (Lipinski definition) is 4. The number of carbonyl (C=O) groups is 2. The monoisotopic (exact) mass is 316 g/mol. The third-order valence-corrected chi connectivity index (χ3v) is 3.44. The van der Waals surface area contributed by atoms with Crippen LogP contribution in [0.3, 0.4) is 0 Å². The Morgan fingerprint density at radius 3 is 2.57 bits per heavy atom. The Morgan fingerprint density at radius 2 is 1.83 bits per heavy atom. The number of ether oxygens (including phenoxy) is 2. The zero-order valence-corrected chi connectivity index (χ0v) is 13.2.